The number of aromatic nitrogens is 2. The number of halogens is 3. The molecule has 25 heavy (non-hydrogen) atoms. The highest BCUT2D eigenvalue weighted by molar-refractivity contribution is 7.90. The second-order valence-electron chi connectivity index (χ2n) is 5.54. The van der Waals surface area contributed by atoms with Gasteiger partial charge in [0.05, 0.1) is 6.54 Å². The number of guanidine groups is 1. The Hall–Kier alpha value is -1.82. The lowest BCUT2D eigenvalue weighted by atomic mass is 10.1. The SMILES string of the molecule is CN=C(NCCn1cccn1)NC1CCN(S(=O)(=O)C(F)(F)F)CC1. The van der Waals surface area contributed by atoms with Crippen LogP contribution in [0, 0.1) is 0 Å². The lowest BCUT2D eigenvalue weighted by Crippen LogP contribution is -2.51. The van der Waals surface area contributed by atoms with E-state index in [1.54, 1.807) is 17.9 Å². The summed E-state index contributed by atoms with van der Waals surface area (Å²) in [6, 6.07) is 1.67. The molecule has 0 spiro atoms. The fourth-order valence-corrected chi connectivity index (χ4v) is 3.48. The monoisotopic (exact) mass is 382 g/mol. The van der Waals surface area contributed by atoms with Crippen LogP contribution in [0.4, 0.5) is 13.2 Å². The van der Waals surface area contributed by atoms with E-state index < -0.39 is 15.5 Å². The lowest BCUT2D eigenvalue weighted by molar-refractivity contribution is -0.0494. The van der Waals surface area contributed by atoms with Gasteiger partial charge in [-0.3, -0.25) is 9.67 Å². The van der Waals surface area contributed by atoms with Gasteiger partial charge in [0.15, 0.2) is 5.96 Å². The Morgan fingerprint density at radius 1 is 1.36 bits per heavy atom. The van der Waals surface area contributed by atoms with Crippen molar-refractivity contribution in [3.05, 3.63) is 18.5 Å². The van der Waals surface area contributed by atoms with Gasteiger partial charge in [-0.2, -0.15) is 22.6 Å². The van der Waals surface area contributed by atoms with E-state index in [1.165, 1.54) is 0 Å². The van der Waals surface area contributed by atoms with Gasteiger partial charge >= 0.3 is 15.5 Å². The molecule has 0 aliphatic carbocycles. The summed E-state index contributed by atoms with van der Waals surface area (Å²) in [4.78, 5) is 4.06. The molecule has 1 aliphatic heterocycles. The van der Waals surface area contributed by atoms with Gasteiger partial charge in [-0.1, -0.05) is 0 Å². The first-order chi connectivity index (χ1) is 11.7. The standard InChI is InChI=1S/C13H21F3N6O2S/c1-17-12(18-6-10-21-7-2-5-19-21)20-11-3-8-22(9-4-11)25(23,24)13(14,15)16/h2,5,7,11H,3-4,6,8-10H2,1H3,(H2,17,18,20). The number of nitrogens with zero attached hydrogens (tertiary/aromatic N) is 4. The maximum absolute atomic E-state index is 12.6. The first-order valence-corrected chi connectivity index (χ1v) is 9.19. The van der Waals surface area contributed by atoms with Crippen LogP contribution < -0.4 is 10.6 Å². The molecule has 1 saturated heterocycles. The Bertz CT molecular complexity index is 666. The fourth-order valence-electron chi connectivity index (χ4n) is 2.50. The van der Waals surface area contributed by atoms with Gasteiger partial charge in [-0.15, -0.1) is 0 Å². The Balaban J connectivity index is 1.78. The summed E-state index contributed by atoms with van der Waals surface area (Å²) in [6.45, 7) is 0.853. The molecule has 1 aliphatic rings. The summed E-state index contributed by atoms with van der Waals surface area (Å²) in [7, 11) is -3.66. The van der Waals surface area contributed by atoms with E-state index in [1.807, 2.05) is 12.3 Å². The van der Waals surface area contributed by atoms with Crippen molar-refractivity contribution in [3.63, 3.8) is 0 Å². The normalized spacial score (nSPS) is 18.3. The van der Waals surface area contributed by atoms with Crippen molar-refractivity contribution in [2.75, 3.05) is 26.7 Å². The number of hydrogen-bond donors (Lipinski definition) is 2. The molecule has 2 rings (SSSR count). The van der Waals surface area contributed by atoms with Crippen molar-refractivity contribution in [2.24, 2.45) is 4.99 Å². The largest absolute Gasteiger partial charge is 0.511 e. The zero-order chi connectivity index (χ0) is 18.5. The number of piperidine rings is 1. The third-order valence-corrected chi connectivity index (χ3v) is 5.47. The van der Waals surface area contributed by atoms with Crippen LogP contribution in [-0.4, -0.2) is 66.7 Å². The van der Waals surface area contributed by atoms with Crippen molar-refractivity contribution >= 4 is 16.0 Å². The molecular formula is C13H21F3N6O2S. The van der Waals surface area contributed by atoms with Crippen LogP contribution in [0.2, 0.25) is 0 Å². The maximum atomic E-state index is 12.6. The van der Waals surface area contributed by atoms with Crippen molar-refractivity contribution < 1.29 is 21.6 Å². The summed E-state index contributed by atoms with van der Waals surface area (Å²) in [6.07, 6.45) is 4.05. The number of alkyl halides is 3. The van der Waals surface area contributed by atoms with Crippen molar-refractivity contribution in [3.8, 4) is 0 Å². The van der Waals surface area contributed by atoms with Gasteiger partial charge < -0.3 is 10.6 Å². The molecule has 0 radical (unpaired) electrons. The van der Waals surface area contributed by atoms with Gasteiger partial charge in [0.2, 0.25) is 0 Å². The molecule has 12 heteroatoms. The average Bonchev–Trinajstić information content (AvgIpc) is 3.06. The van der Waals surface area contributed by atoms with Gasteiger partial charge in [0, 0.05) is 45.1 Å². The molecule has 8 nitrogen and oxygen atoms in total. The highest BCUT2D eigenvalue weighted by atomic mass is 32.2. The van der Waals surface area contributed by atoms with E-state index in [9.17, 15) is 21.6 Å². The van der Waals surface area contributed by atoms with Gasteiger partial charge in [0.25, 0.3) is 0 Å². The minimum Gasteiger partial charge on any atom is -0.355 e. The number of aliphatic imine (C=N–C) groups is 1. The van der Waals surface area contributed by atoms with E-state index in [-0.39, 0.29) is 32.0 Å². The predicted octanol–water partition coefficient (Wildman–Crippen LogP) is 0.362. The molecule has 0 saturated carbocycles. The Morgan fingerprint density at radius 2 is 2.04 bits per heavy atom. The number of sulfonamides is 1. The summed E-state index contributed by atoms with van der Waals surface area (Å²) in [5, 5.41) is 10.3. The second kappa shape index (κ2) is 8.04. The highest BCUT2D eigenvalue weighted by Crippen LogP contribution is 2.28. The maximum Gasteiger partial charge on any atom is 0.511 e. The second-order valence-corrected chi connectivity index (χ2v) is 7.47. The summed E-state index contributed by atoms with van der Waals surface area (Å²) in [5.74, 6) is 0.518. The van der Waals surface area contributed by atoms with Crippen molar-refractivity contribution in [1.29, 1.82) is 0 Å². The van der Waals surface area contributed by atoms with E-state index in [0.29, 0.717) is 23.4 Å². The van der Waals surface area contributed by atoms with Crippen LogP contribution >= 0.6 is 0 Å². The zero-order valence-corrected chi connectivity index (χ0v) is 14.5. The smallest absolute Gasteiger partial charge is 0.355 e. The molecule has 2 N–H and O–H groups in total. The van der Waals surface area contributed by atoms with E-state index in [4.69, 9.17) is 0 Å². The first-order valence-electron chi connectivity index (χ1n) is 7.75. The number of rotatable bonds is 5. The molecule has 0 amide bonds. The van der Waals surface area contributed by atoms with E-state index >= 15 is 0 Å². The molecule has 1 fully saturated rings. The molecule has 142 valence electrons. The summed E-state index contributed by atoms with van der Waals surface area (Å²) in [5.41, 5.74) is -5.25. The third-order valence-electron chi connectivity index (χ3n) is 3.84. The summed E-state index contributed by atoms with van der Waals surface area (Å²) >= 11 is 0. The minimum atomic E-state index is -5.25. The Kier molecular flexibility index (Phi) is 6.27. The van der Waals surface area contributed by atoms with Crippen molar-refractivity contribution in [2.45, 2.75) is 30.9 Å². The fraction of sp³-hybridized carbons (Fsp3) is 0.692. The zero-order valence-electron chi connectivity index (χ0n) is 13.7. The topological polar surface area (TPSA) is 91.6 Å². The molecular weight excluding hydrogens is 361 g/mol. The average molecular weight is 382 g/mol. The van der Waals surface area contributed by atoms with Crippen LogP contribution in [0.3, 0.4) is 0 Å². The quantitative estimate of drug-likeness (QED) is 0.567. The Morgan fingerprint density at radius 3 is 2.56 bits per heavy atom. The molecule has 0 atom stereocenters. The van der Waals surface area contributed by atoms with E-state index in [0.717, 1.165) is 0 Å². The predicted molar refractivity (Wildman–Crippen MR) is 86.3 cm³/mol. The molecule has 1 aromatic rings. The van der Waals surface area contributed by atoms with Gasteiger partial charge in [-0.25, -0.2) is 8.42 Å². The molecule has 0 unspecified atom stereocenters. The van der Waals surface area contributed by atoms with Crippen LogP contribution in [0.1, 0.15) is 12.8 Å². The molecule has 0 bridgehead atoms. The summed E-state index contributed by atoms with van der Waals surface area (Å²) < 4.78 is 62.7. The molecule has 1 aromatic heterocycles. The van der Waals surface area contributed by atoms with Crippen LogP contribution in [0.15, 0.2) is 23.5 Å². The van der Waals surface area contributed by atoms with E-state index in [2.05, 4.69) is 20.7 Å². The first kappa shape index (κ1) is 19.5. The Labute approximate surface area is 144 Å². The van der Waals surface area contributed by atoms with Crippen LogP contribution in [0.5, 0.6) is 0 Å². The van der Waals surface area contributed by atoms with Crippen molar-refractivity contribution in [1.82, 2.24) is 24.7 Å². The number of nitrogens with one attached hydrogen (secondary N) is 2. The number of hydrogen-bond acceptors (Lipinski definition) is 4. The van der Waals surface area contributed by atoms with Crippen LogP contribution in [0.25, 0.3) is 0 Å². The molecule has 0 aromatic carbocycles. The highest BCUT2D eigenvalue weighted by Gasteiger charge is 2.50. The molecule has 2 heterocycles. The van der Waals surface area contributed by atoms with Gasteiger partial charge in [-0.05, 0) is 18.9 Å². The minimum absolute atomic E-state index is 0.143. The van der Waals surface area contributed by atoms with Crippen LogP contribution in [-0.2, 0) is 16.6 Å². The third kappa shape index (κ3) is 5.08. The lowest BCUT2D eigenvalue weighted by Gasteiger charge is -2.32. The van der Waals surface area contributed by atoms with Gasteiger partial charge in [0.1, 0.15) is 0 Å².